The number of nitrogens with one attached hydrogen (secondary N) is 1. The molecule has 2 heterocycles. The maximum Gasteiger partial charge on any atom is 0.408 e. The highest BCUT2D eigenvalue weighted by molar-refractivity contribution is 9.10. The molecule has 23 heavy (non-hydrogen) atoms. The lowest BCUT2D eigenvalue weighted by atomic mass is 10.1. The third-order valence-corrected chi connectivity index (χ3v) is 4.16. The first-order chi connectivity index (χ1) is 10.5. The van der Waals surface area contributed by atoms with Gasteiger partial charge in [0.25, 0.3) is 5.56 Å². The quantitative estimate of drug-likeness (QED) is 0.849. The van der Waals surface area contributed by atoms with E-state index in [4.69, 9.17) is 4.74 Å². The fraction of sp³-hybridized carbons (Fsp3) is 0.625. The molecule has 7 heteroatoms. The van der Waals surface area contributed by atoms with E-state index in [0.29, 0.717) is 25.2 Å². The first-order valence-corrected chi connectivity index (χ1v) is 8.41. The Kier molecular flexibility index (Phi) is 4.80. The number of nitrogens with zero attached hydrogens (tertiary/aromatic N) is 2. The average molecular weight is 386 g/mol. The lowest BCUT2D eigenvalue weighted by molar-refractivity contribution is 0.0370. The molecule has 0 aliphatic carbocycles. The van der Waals surface area contributed by atoms with Crippen molar-refractivity contribution in [2.45, 2.75) is 45.3 Å². The van der Waals surface area contributed by atoms with Gasteiger partial charge in [0.1, 0.15) is 11.3 Å². The summed E-state index contributed by atoms with van der Waals surface area (Å²) in [6.07, 6.45) is 1.98. The van der Waals surface area contributed by atoms with Crippen molar-refractivity contribution in [3.8, 4) is 0 Å². The van der Waals surface area contributed by atoms with E-state index in [9.17, 15) is 9.59 Å². The van der Waals surface area contributed by atoms with E-state index in [0.717, 1.165) is 4.47 Å². The van der Waals surface area contributed by atoms with Crippen molar-refractivity contribution in [3.63, 3.8) is 0 Å². The lowest BCUT2D eigenvalue weighted by Crippen LogP contribution is -2.46. The number of anilines is 1. The lowest BCUT2D eigenvalue weighted by Gasteiger charge is -2.28. The fourth-order valence-electron chi connectivity index (χ4n) is 2.66. The van der Waals surface area contributed by atoms with Crippen LogP contribution in [0.1, 0.15) is 34.1 Å². The van der Waals surface area contributed by atoms with Crippen molar-refractivity contribution in [1.82, 2.24) is 9.88 Å². The molecule has 1 aromatic heterocycles. The molecule has 1 atom stereocenters. The zero-order chi connectivity index (χ0) is 17.4. The average Bonchev–Trinajstić information content (AvgIpc) is 2.73. The van der Waals surface area contributed by atoms with E-state index < -0.39 is 11.7 Å². The highest BCUT2D eigenvalue weighted by Gasteiger charge is 2.38. The molecule has 1 saturated heterocycles. The van der Waals surface area contributed by atoms with Crippen LogP contribution >= 0.6 is 15.9 Å². The van der Waals surface area contributed by atoms with E-state index in [-0.39, 0.29) is 11.1 Å². The number of halogens is 1. The molecular weight excluding hydrogens is 362 g/mol. The highest BCUT2D eigenvalue weighted by atomic mass is 79.9. The molecule has 0 bridgehead atoms. The van der Waals surface area contributed by atoms with Gasteiger partial charge in [-0.05, 0) is 49.7 Å². The summed E-state index contributed by atoms with van der Waals surface area (Å²) in [5.41, 5.74) is -0.392. The molecule has 0 aromatic carbocycles. The number of aryl methyl sites for hydroxylation is 1. The zero-order valence-corrected chi connectivity index (χ0v) is 15.9. The number of amides is 1. The molecule has 6 nitrogen and oxygen atoms in total. The Morgan fingerprint density at radius 1 is 1.43 bits per heavy atom. The third kappa shape index (κ3) is 4.50. The van der Waals surface area contributed by atoms with Gasteiger partial charge in [-0.25, -0.2) is 4.79 Å². The number of hydrogen-bond acceptors (Lipinski definition) is 4. The van der Waals surface area contributed by atoms with E-state index in [1.54, 1.807) is 17.8 Å². The van der Waals surface area contributed by atoms with E-state index >= 15 is 0 Å². The van der Waals surface area contributed by atoms with E-state index in [2.05, 4.69) is 21.2 Å². The van der Waals surface area contributed by atoms with Gasteiger partial charge >= 0.3 is 6.09 Å². The molecular formula is C16H24BrN3O3. The first-order valence-electron chi connectivity index (χ1n) is 7.61. The molecule has 1 aliphatic rings. The largest absolute Gasteiger partial charge is 0.441 e. The molecule has 1 fully saturated rings. The summed E-state index contributed by atoms with van der Waals surface area (Å²) < 4.78 is 8.00. The summed E-state index contributed by atoms with van der Waals surface area (Å²) >= 11 is 3.41. The summed E-state index contributed by atoms with van der Waals surface area (Å²) in [4.78, 5) is 26.3. The monoisotopic (exact) mass is 385 g/mol. The predicted molar refractivity (Wildman–Crippen MR) is 94.0 cm³/mol. The number of aromatic nitrogens is 1. The minimum Gasteiger partial charge on any atom is -0.441 e. The number of hydrogen-bond donors (Lipinski definition) is 1. The Bertz CT molecular complexity index is 666. The van der Waals surface area contributed by atoms with Crippen LogP contribution in [0.2, 0.25) is 0 Å². The maximum atomic E-state index is 12.3. The van der Waals surface area contributed by atoms with Gasteiger partial charge in [0.15, 0.2) is 0 Å². The minimum atomic E-state index is -0.608. The molecule has 1 aliphatic heterocycles. The number of pyridine rings is 1. The van der Waals surface area contributed by atoms with Gasteiger partial charge in [0.05, 0.1) is 6.54 Å². The number of ether oxygens (including phenoxy) is 1. The normalized spacial score (nSPS) is 21.4. The Hall–Kier alpha value is -1.50. The third-order valence-electron chi connectivity index (χ3n) is 3.72. The number of carbonyl (C=O) groups excluding carboxylic acids is 1. The SMILES string of the molecule is Cn1cc(Br)cc(N2CC[C@@](C)(OC(=O)NC(C)(C)C)C2)c1=O. The smallest absolute Gasteiger partial charge is 0.408 e. The maximum absolute atomic E-state index is 12.3. The zero-order valence-electron chi connectivity index (χ0n) is 14.3. The minimum absolute atomic E-state index is 0.0587. The molecule has 2 rings (SSSR count). The molecule has 1 aromatic rings. The summed E-state index contributed by atoms with van der Waals surface area (Å²) in [5, 5.41) is 2.80. The summed E-state index contributed by atoms with van der Waals surface area (Å²) in [6, 6.07) is 1.81. The van der Waals surface area contributed by atoms with Gasteiger partial charge in [-0.3, -0.25) is 4.79 Å². The van der Waals surface area contributed by atoms with Crippen LogP contribution in [0, 0.1) is 0 Å². The van der Waals surface area contributed by atoms with Crippen molar-refractivity contribution in [2.24, 2.45) is 7.05 Å². The molecule has 0 saturated carbocycles. The van der Waals surface area contributed by atoms with Crippen LogP contribution in [-0.2, 0) is 11.8 Å². The van der Waals surface area contributed by atoms with Crippen molar-refractivity contribution >= 4 is 27.7 Å². The second-order valence-electron chi connectivity index (χ2n) is 7.35. The molecule has 0 unspecified atom stereocenters. The molecule has 0 radical (unpaired) electrons. The Morgan fingerprint density at radius 2 is 2.09 bits per heavy atom. The number of rotatable bonds is 2. The first kappa shape index (κ1) is 17.8. The number of alkyl carbamates (subject to hydrolysis) is 1. The van der Waals surface area contributed by atoms with Gasteiger partial charge < -0.3 is 19.5 Å². The Morgan fingerprint density at radius 3 is 2.70 bits per heavy atom. The van der Waals surface area contributed by atoms with Crippen molar-refractivity contribution in [3.05, 3.63) is 27.1 Å². The van der Waals surface area contributed by atoms with Gasteiger partial charge in [-0.1, -0.05) is 0 Å². The summed E-state index contributed by atoms with van der Waals surface area (Å²) in [7, 11) is 1.72. The highest BCUT2D eigenvalue weighted by Crippen LogP contribution is 2.29. The molecule has 1 amide bonds. The molecule has 0 spiro atoms. The fourth-order valence-corrected chi connectivity index (χ4v) is 3.18. The van der Waals surface area contributed by atoms with Crippen LogP contribution in [0.15, 0.2) is 21.5 Å². The van der Waals surface area contributed by atoms with Crippen LogP contribution in [-0.4, -0.2) is 34.9 Å². The standard InChI is InChI=1S/C16H24BrN3O3/c1-15(2,3)18-14(22)23-16(4)6-7-20(10-16)12-8-11(17)9-19(5)13(12)21/h8-9H,6-7,10H2,1-5H3,(H,18,22)/t16-/m1/s1. The van der Waals surface area contributed by atoms with Crippen LogP contribution in [0.25, 0.3) is 0 Å². The van der Waals surface area contributed by atoms with Crippen molar-refractivity contribution < 1.29 is 9.53 Å². The van der Waals surface area contributed by atoms with E-state index in [1.165, 1.54) is 0 Å². The molecule has 128 valence electrons. The second-order valence-corrected chi connectivity index (χ2v) is 8.26. The van der Waals surface area contributed by atoms with Crippen LogP contribution in [0.5, 0.6) is 0 Å². The van der Waals surface area contributed by atoms with Gasteiger partial charge in [-0.15, -0.1) is 0 Å². The van der Waals surface area contributed by atoms with Crippen LogP contribution in [0.4, 0.5) is 10.5 Å². The predicted octanol–water partition coefficient (Wildman–Crippen LogP) is 2.64. The van der Waals surface area contributed by atoms with Crippen LogP contribution in [0.3, 0.4) is 0 Å². The van der Waals surface area contributed by atoms with Crippen LogP contribution < -0.4 is 15.8 Å². The molecule has 1 N–H and O–H groups in total. The second kappa shape index (κ2) is 6.19. The Labute approximate surface area is 144 Å². The van der Waals surface area contributed by atoms with Gasteiger partial charge in [-0.2, -0.15) is 0 Å². The van der Waals surface area contributed by atoms with Crippen molar-refractivity contribution in [1.29, 1.82) is 0 Å². The van der Waals surface area contributed by atoms with Crippen molar-refractivity contribution in [2.75, 3.05) is 18.0 Å². The van der Waals surface area contributed by atoms with E-state index in [1.807, 2.05) is 38.7 Å². The number of carbonyl (C=O) groups is 1. The Balaban J connectivity index is 2.11. The van der Waals surface area contributed by atoms with Gasteiger partial charge in [0.2, 0.25) is 0 Å². The van der Waals surface area contributed by atoms with Gasteiger partial charge in [0, 0.05) is 36.2 Å². The summed E-state index contributed by atoms with van der Waals surface area (Å²) in [6.45, 7) is 8.78. The topological polar surface area (TPSA) is 63.6 Å². The summed E-state index contributed by atoms with van der Waals surface area (Å²) in [5.74, 6) is 0.